The van der Waals surface area contributed by atoms with E-state index in [0.717, 1.165) is 32.0 Å². The number of nitrogens with one attached hydrogen (secondary N) is 2. The summed E-state index contributed by atoms with van der Waals surface area (Å²) >= 11 is 0. The Hall–Kier alpha value is -0.340. The van der Waals surface area contributed by atoms with Gasteiger partial charge in [-0.05, 0) is 44.4 Å². The molecule has 0 radical (unpaired) electrons. The molecule has 3 fully saturated rings. The van der Waals surface area contributed by atoms with E-state index in [4.69, 9.17) is 0 Å². The van der Waals surface area contributed by atoms with E-state index in [1.807, 2.05) is 0 Å². The van der Waals surface area contributed by atoms with E-state index in [1.165, 1.54) is 12.8 Å². The highest BCUT2D eigenvalue weighted by Crippen LogP contribution is 2.30. The second-order valence-electron chi connectivity index (χ2n) is 7.93. The van der Waals surface area contributed by atoms with Crippen LogP contribution in [-0.4, -0.2) is 80.9 Å². The molecule has 3 aliphatic rings. The lowest BCUT2D eigenvalue weighted by Crippen LogP contribution is -2.50. The third-order valence-corrected chi connectivity index (χ3v) is 7.55. The molecule has 0 aromatic heterocycles. The number of rotatable bonds is 5. The van der Waals surface area contributed by atoms with Crippen molar-refractivity contribution in [3.63, 3.8) is 0 Å². The van der Waals surface area contributed by atoms with Crippen LogP contribution in [0.15, 0.2) is 4.99 Å². The number of sulfonamides is 1. The number of aliphatic imine (C=N–C) groups is 1. The van der Waals surface area contributed by atoms with E-state index in [9.17, 15) is 21.6 Å². The molecule has 170 valence electrons. The van der Waals surface area contributed by atoms with Crippen molar-refractivity contribution < 1.29 is 21.6 Å². The van der Waals surface area contributed by atoms with Gasteiger partial charge in [-0.3, -0.25) is 4.99 Å². The number of nitrogens with zero attached hydrogens (tertiary/aromatic N) is 3. The van der Waals surface area contributed by atoms with Crippen molar-refractivity contribution in [2.75, 3.05) is 39.8 Å². The van der Waals surface area contributed by atoms with Crippen LogP contribution in [0.1, 0.15) is 38.5 Å². The summed E-state index contributed by atoms with van der Waals surface area (Å²) in [6.45, 7) is 2.58. The molecule has 29 heavy (non-hydrogen) atoms. The summed E-state index contributed by atoms with van der Waals surface area (Å²) in [4.78, 5) is 6.80. The predicted octanol–water partition coefficient (Wildman–Crippen LogP) is 1.96. The minimum absolute atomic E-state index is 0. The van der Waals surface area contributed by atoms with Gasteiger partial charge >= 0.3 is 15.5 Å². The lowest BCUT2D eigenvalue weighted by atomic mass is 9.98. The minimum Gasteiger partial charge on any atom is -0.356 e. The largest absolute Gasteiger partial charge is 0.511 e. The summed E-state index contributed by atoms with van der Waals surface area (Å²) in [6, 6.07) is 1.17. The molecule has 2 aliphatic heterocycles. The summed E-state index contributed by atoms with van der Waals surface area (Å²) in [6.07, 6.45) is 5.60. The molecule has 3 rings (SSSR count). The Morgan fingerprint density at radius 1 is 1.03 bits per heavy atom. The monoisotopic (exact) mass is 553 g/mol. The van der Waals surface area contributed by atoms with Crippen molar-refractivity contribution in [2.24, 2.45) is 10.9 Å². The van der Waals surface area contributed by atoms with Crippen molar-refractivity contribution in [1.82, 2.24) is 19.8 Å². The average molecular weight is 553 g/mol. The fourth-order valence-corrected chi connectivity index (χ4v) is 4.96. The number of hydrogen-bond acceptors (Lipinski definition) is 4. The van der Waals surface area contributed by atoms with Crippen LogP contribution in [0.25, 0.3) is 0 Å². The van der Waals surface area contributed by atoms with Crippen LogP contribution in [0.5, 0.6) is 0 Å². The molecule has 2 heterocycles. The molecule has 0 amide bonds. The zero-order chi connectivity index (χ0) is 20.4. The average Bonchev–Trinajstić information content (AvgIpc) is 3.50. The Balaban J connectivity index is 0.00000300. The molecular weight excluding hydrogens is 522 g/mol. The van der Waals surface area contributed by atoms with Gasteiger partial charge in [-0.15, -0.1) is 24.0 Å². The maximum Gasteiger partial charge on any atom is 0.511 e. The summed E-state index contributed by atoms with van der Waals surface area (Å²) in [7, 11) is -3.51. The summed E-state index contributed by atoms with van der Waals surface area (Å²) in [5, 5.41) is 6.69. The van der Waals surface area contributed by atoms with Crippen molar-refractivity contribution in [2.45, 2.75) is 56.1 Å². The molecule has 0 spiro atoms. The second kappa shape index (κ2) is 10.3. The van der Waals surface area contributed by atoms with E-state index in [-0.39, 0.29) is 43.0 Å². The van der Waals surface area contributed by atoms with Gasteiger partial charge in [0.1, 0.15) is 0 Å². The molecule has 0 aromatic rings. The molecule has 2 N–H and O–H groups in total. The van der Waals surface area contributed by atoms with Crippen LogP contribution in [0, 0.1) is 5.92 Å². The normalized spacial score (nSPS) is 24.2. The van der Waals surface area contributed by atoms with E-state index in [2.05, 4.69) is 20.5 Å². The van der Waals surface area contributed by atoms with Crippen LogP contribution < -0.4 is 10.6 Å². The summed E-state index contributed by atoms with van der Waals surface area (Å²) in [5.74, 6) is 0.824. The second-order valence-corrected chi connectivity index (χ2v) is 9.86. The van der Waals surface area contributed by atoms with E-state index >= 15 is 0 Å². The van der Waals surface area contributed by atoms with E-state index in [1.54, 1.807) is 7.05 Å². The third-order valence-electron chi connectivity index (χ3n) is 5.92. The fraction of sp³-hybridized carbons (Fsp3) is 0.941. The topological polar surface area (TPSA) is 77.0 Å². The van der Waals surface area contributed by atoms with Gasteiger partial charge in [0.2, 0.25) is 0 Å². The molecule has 2 saturated heterocycles. The Kier molecular flexibility index (Phi) is 8.86. The van der Waals surface area contributed by atoms with Crippen molar-refractivity contribution >= 4 is 40.0 Å². The molecule has 0 atom stereocenters. The third kappa shape index (κ3) is 6.57. The molecular formula is C17H31F3IN5O2S. The van der Waals surface area contributed by atoms with Crippen molar-refractivity contribution in [3.8, 4) is 0 Å². The molecule has 1 saturated carbocycles. The molecule has 0 bridgehead atoms. The van der Waals surface area contributed by atoms with Crippen molar-refractivity contribution in [1.29, 1.82) is 0 Å². The minimum atomic E-state index is -5.22. The highest BCUT2D eigenvalue weighted by molar-refractivity contribution is 14.0. The van der Waals surface area contributed by atoms with Crippen LogP contribution >= 0.6 is 24.0 Å². The van der Waals surface area contributed by atoms with Gasteiger partial charge in [-0.1, -0.05) is 0 Å². The molecule has 1 aliphatic carbocycles. The lowest BCUT2D eigenvalue weighted by Gasteiger charge is -2.34. The fourth-order valence-electron chi connectivity index (χ4n) is 3.98. The number of hydrogen-bond donors (Lipinski definition) is 2. The van der Waals surface area contributed by atoms with Gasteiger partial charge in [-0.2, -0.15) is 17.5 Å². The van der Waals surface area contributed by atoms with Gasteiger partial charge in [0.15, 0.2) is 5.96 Å². The first kappa shape index (κ1) is 24.9. The van der Waals surface area contributed by atoms with Crippen LogP contribution in [-0.2, 0) is 10.0 Å². The van der Waals surface area contributed by atoms with Crippen LogP contribution in [0.2, 0.25) is 0 Å². The number of alkyl halides is 3. The molecule has 12 heteroatoms. The quantitative estimate of drug-likeness (QED) is 0.310. The lowest BCUT2D eigenvalue weighted by molar-refractivity contribution is -0.0496. The summed E-state index contributed by atoms with van der Waals surface area (Å²) in [5.41, 5.74) is -5.22. The first-order valence-corrected chi connectivity index (χ1v) is 11.4. The first-order valence-electron chi connectivity index (χ1n) is 9.98. The smallest absolute Gasteiger partial charge is 0.356 e. The maximum absolute atomic E-state index is 12.6. The van der Waals surface area contributed by atoms with E-state index in [0.29, 0.717) is 35.7 Å². The van der Waals surface area contributed by atoms with Gasteiger partial charge in [0.05, 0.1) is 0 Å². The van der Waals surface area contributed by atoms with Gasteiger partial charge < -0.3 is 15.5 Å². The van der Waals surface area contributed by atoms with Crippen LogP contribution in [0.4, 0.5) is 13.2 Å². The highest BCUT2D eigenvalue weighted by Gasteiger charge is 2.50. The number of guanidine groups is 1. The predicted molar refractivity (Wildman–Crippen MR) is 117 cm³/mol. The van der Waals surface area contributed by atoms with Gasteiger partial charge in [0.25, 0.3) is 0 Å². The molecule has 0 aromatic carbocycles. The molecule has 7 nitrogen and oxygen atoms in total. The number of halogens is 4. The first-order chi connectivity index (χ1) is 13.2. The van der Waals surface area contributed by atoms with Crippen molar-refractivity contribution in [3.05, 3.63) is 0 Å². The highest BCUT2D eigenvalue weighted by atomic mass is 127. The molecule has 0 unspecified atom stereocenters. The SMILES string of the molecule is CN=C(NCC1CCN(S(=O)(=O)C(F)(F)F)CC1)NC1CCN(C2CC2)CC1.I. The number of likely N-dealkylation sites (tertiary alicyclic amines) is 1. The van der Waals surface area contributed by atoms with Gasteiger partial charge in [0, 0.05) is 51.9 Å². The Morgan fingerprint density at radius 2 is 1.62 bits per heavy atom. The Bertz CT molecular complexity index is 656. The Morgan fingerprint density at radius 3 is 2.10 bits per heavy atom. The zero-order valence-electron chi connectivity index (χ0n) is 16.6. The van der Waals surface area contributed by atoms with Gasteiger partial charge in [-0.25, -0.2) is 8.42 Å². The standard InChI is InChI=1S/C17H30F3N5O2S.HI/c1-21-16(23-14-6-8-24(9-7-14)15-2-3-15)22-12-13-4-10-25(11-5-13)28(26,27)17(18,19)20;/h13-15H,2-12H2,1H3,(H2,21,22,23);1H. The zero-order valence-corrected chi connectivity index (χ0v) is 19.8. The Labute approximate surface area is 187 Å². The van der Waals surface area contributed by atoms with Crippen LogP contribution in [0.3, 0.4) is 0 Å². The number of piperidine rings is 2. The van der Waals surface area contributed by atoms with E-state index < -0.39 is 15.5 Å². The summed E-state index contributed by atoms with van der Waals surface area (Å²) < 4.78 is 61.4. The maximum atomic E-state index is 12.6.